The van der Waals surface area contributed by atoms with Gasteiger partial charge in [0.1, 0.15) is 0 Å². The molecule has 1 aliphatic rings. The van der Waals surface area contributed by atoms with Gasteiger partial charge in [0.25, 0.3) is 0 Å². The van der Waals surface area contributed by atoms with Gasteiger partial charge >= 0.3 is 0 Å². The summed E-state index contributed by atoms with van der Waals surface area (Å²) in [6.45, 7) is 5.59. The van der Waals surface area contributed by atoms with Crippen molar-refractivity contribution in [1.29, 1.82) is 0 Å². The van der Waals surface area contributed by atoms with Crippen LogP contribution in [0.2, 0.25) is 0 Å². The molecule has 6 nitrogen and oxygen atoms in total. The third-order valence-corrected chi connectivity index (χ3v) is 6.41. The normalized spacial score (nSPS) is 16.5. The van der Waals surface area contributed by atoms with Crippen LogP contribution >= 0.6 is 0 Å². The molecular formula is C25H32N4O2. The molecule has 1 aromatic carbocycles. The molecule has 2 aromatic heterocycles. The van der Waals surface area contributed by atoms with Gasteiger partial charge in [0.05, 0.1) is 18.3 Å². The predicted octanol–water partition coefficient (Wildman–Crippen LogP) is 3.98. The molecule has 31 heavy (non-hydrogen) atoms. The second kappa shape index (κ2) is 10.1. The van der Waals surface area contributed by atoms with E-state index in [-0.39, 0.29) is 11.9 Å². The van der Waals surface area contributed by atoms with Crippen LogP contribution in [0, 0.1) is 12.8 Å². The first-order valence-electron chi connectivity index (χ1n) is 11.1. The Morgan fingerprint density at radius 3 is 2.71 bits per heavy atom. The predicted molar refractivity (Wildman–Crippen MR) is 123 cm³/mol. The quantitative estimate of drug-likeness (QED) is 0.578. The molecule has 4 rings (SSSR count). The van der Waals surface area contributed by atoms with Crippen LogP contribution in [0.5, 0.6) is 0 Å². The fraction of sp³-hybridized carbons (Fsp3) is 0.440. The molecule has 2 N–H and O–H groups in total. The lowest BCUT2D eigenvalue weighted by Gasteiger charge is -2.36. The number of piperidine rings is 1. The molecule has 1 fully saturated rings. The second-order valence-corrected chi connectivity index (χ2v) is 8.43. The van der Waals surface area contributed by atoms with Crippen LogP contribution in [0.1, 0.15) is 42.3 Å². The van der Waals surface area contributed by atoms with Crippen LogP contribution < -0.4 is 5.32 Å². The summed E-state index contributed by atoms with van der Waals surface area (Å²) in [4.78, 5) is 23.1. The van der Waals surface area contributed by atoms with Gasteiger partial charge < -0.3 is 15.0 Å². The number of hydrogen-bond donors (Lipinski definition) is 2. The van der Waals surface area contributed by atoms with E-state index in [4.69, 9.17) is 4.74 Å². The summed E-state index contributed by atoms with van der Waals surface area (Å²) in [5.41, 5.74) is 4.79. The number of H-pyrrole nitrogens is 1. The number of likely N-dealkylation sites (tertiary alicyclic amines) is 1. The summed E-state index contributed by atoms with van der Waals surface area (Å²) in [5.74, 6) is 0.398. The van der Waals surface area contributed by atoms with Crippen LogP contribution in [0.3, 0.4) is 0 Å². The summed E-state index contributed by atoms with van der Waals surface area (Å²) >= 11 is 0. The topological polar surface area (TPSA) is 70.2 Å². The number of methoxy groups -OCH3 is 1. The first kappa shape index (κ1) is 21.5. The average Bonchev–Trinajstić information content (AvgIpc) is 3.12. The Morgan fingerprint density at radius 1 is 1.23 bits per heavy atom. The third kappa shape index (κ3) is 5.14. The van der Waals surface area contributed by atoms with E-state index in [1.807, 2.05) is 18.2 Å². The van der Waals surface area contributed by atoms with Crippen molar-refractivity contribution in [3.8, 4) is 0 Å². The van der Waals surface area contributed by atoms with Crippen molar-refractivity contribution in [2.24, 2.45) is 5.92 Å². The van der Waals surface area contributed by atoms with Gasteiger partial charge in [-0.05, 0) is 62.5 Å². The monoisotopic (exact) mass is 420 g/mol. The largest absolute Gasteiger partial charge is 0.384 e. The van der Waals surface area contributed by atoms with Crippen molar-refractivity contribution in [1.82, 2.24) is 20.2 Å². The number of nitrogens with one attached hydrogen (secondary N) is 2. The lowest BCUT2D eigenvalue weighted by atomic mass is 9.87. The molecule has 1 amide bonds. The van der Waals surface area contributed by atoms with Gasteiger partial charge in [-0.1, -0.05) is 24.3 Å². The molecule has 1 atom stereocenters. The highest BCUT2D eigenvalue weighted by atomic mass is 16.5. The number of carbonyl (C=O) groups excluding carboxylic acids is 1. The van der Waals surface area contributed by atoms with E-state index in [0.29, 0.717) is 18.9 Å². The van der Waals surface area contributed by atoms with E-state index in [1.165, 1.54) is 22.2 Å². The van der Waals surface area contributed by atoms with E-state index in [9.17, 15) is 4.79 Å². The molecule has 0 radical (unpaired) electrons. The number of benzene rings is 1. The molecular weight excluding hydrogens is 388 g/mol. The summed E-state index contributed by atoms with van der Waals surface area (Å²) in [6.07, 6.45) is 4.24. The second-order valence-electron chi connectivity index (χ2n) is 8.43. The van der Waals surface area contributed by atoms with Crippen molar-refractivity contribution < 1.29 is 9.53 Å². The lowest BCUT2D eigenvalue weighted by molar-refractivity contribution is -0.123. The van der Waals surface area contributed by atoms with Gasteiger partial charge in [0.15, 0.2) is 0 Å². The minimum atomic E-state index is -0.0532. The maximum Gasteiger partial charge on any atom is 0.222 e. The van der Waals surface area contributed by atoms with Gasteiger partial charge in [-0.15, -0.1) is 0 Å². The van der Waals surface area contributed by atoms with Gasteiger partial charge in [-0.3, -0.25) is 14.7 Å². The molecule has 1 saturated heterocycles. The highest BCUT2D eigenvalue weighted by molar-refractivity contribution is 5.84. The smallest absolute Gasteiger partial charge is 0.222 e. The summed E-state index contributed by atoms with van der Waals surface area (Å²) in [7, 11) is 1.62. The number of aromatic amines is 1. The maximum atomic E-state index is 12.4. The zero-order valence-electron chi connectivity index (χ0n) is 18.4. The number of hydrogen-bond acceptors (Lipinski definition) is 4. The number of amides is 1. The minimum Gasteiger partial charge on any atom is -0.384 e. The Bertz CT molecular complexity index is 993. The molecule has 0 spiro atoms. The Balaban J connectivity index is 1.41. The summed E-state index contributed by atoms with van der Waals surface area (Å²) in [6, 6.07) is 14.4. The highest BCUT2D eigenvalue weighted by Gasteiger charge is 2.30. The number of carbonyl (C=O) groups is 1. The fourth-order valence-corrected chi connectivity index (χ4v) is 4.60. The average molecular weight is 421 g/mol. The standard InChI is InChI=1S/C25H32N4O2/c1-18-20-7-3-4-8-21(20)27-23(18)17-29-14-10-19(11-15-29)25(22-9-5-6-13-26-22)28-24(30)12-16-31-2/h3-9,13,19,25,27H,10-12,14-17H2,1-2H3,(H,28,30)/t25-/m0/s1. The van der Waals surface area contributed by atoms with Gasteiger partial charge in [0, 0.05) is 42.9 Å². The zero-order valence-corrected chi connectivity index (χ0v) is 18.4. The lowest BCUT2D eigenvalue weighted by Crippen LogP contribution is -2.41. The van der Waals surface area contributed by atoms with Crippen LogP contribution in [0.15, 0.2) is 48.7 Å². The van der Waals surface area contributed by atoms with E-state index < -0.39 is 0 Å². The van der Waals surface area contributed by atoms with E-state index in [1.54, 1.807) is 13.3 Å². The molecule has 0 unspecified atom stereocenters. The minimum absolute atomic E-state index is 0.0219. The van der Waals surface area contributed by atoms with Crippen molar-refractivity contribution in [3.63, 3.8) is 0 Å². The highest BCUT2D eigenvalue weighted by Crippen LogP contribution is 2.31. The zero-order chi connectivity index (χ0) is 21.6. The van der Waals surface area contributed by atoms with E-state index >= 15 is 0 Å². The van der Waals surface area contributed by atoms with Crippen LogP contribution in [0.4, 0.5) is 0 Å². The maximum absolute atomic E-state index is 12.4. The number of pyridine rings is 1. The van der Waals surface area contributed by atoms with Crippen molar-refractivity contribution in [3.05, 3.63) is 65.6 Å². The SMILES string of the molecule is COCCC(=O)N[C@H](c1ccccn1)C1CCN(Cc2[nH]c3ccccc3c2C)CC1. The van der Waals surface area contributed by atoms with Gasteiger partial charge in [-0.2, -0.15) is 0 Å². The first-order valence-corrected chi connectivity index (χ1v) is 11.1. The fourth-order valence-electron chi connectivity index (χ4n) is 4.60. The van der Waals surface area contributed by atoms with Gasteiger partial charge in [0.2, 0.25) is 5.91 Å². The van der Waals surface area contributed by atoms with E-state index in [2.05, 4.69) is 51.4 Å². The first-order chi connectivity index (χ1) is 15.2. The summed E-state index contributed by atoms with van der Waals surface area (Å²) < 4.78 is 5.06. The number of fused-ring (bicyclic) bond motifs is 1. The third-order valence-electron chi connectivity index (χ3n) is 6.41. The Kier molecular flexibility index (Phi) is 6.99. The molecule has 0 saturated carbocycles. The van der Waals surface area contributed by atoms with Gasteiger partial charge in [-0.25, -0.2) is 0 Å². The molecule has 3 aromatic rings. The number of aryl methyl sites for hydroxylation is 1. The van der Waals surface area contributed by atoms with E-state index in [0.717, 1.165) is 38.2 Å². The van der Waals surface area contributed by atoms with Crippen molar-refractivity contribution >= 4 is 16.8 Å². The number of ether oxygens (including phenoxy) is 1. The Morgan fingerprint density at radius 2 is 2.00 bits per heavy atom. The Hall–Kier alpha value is -2.70. The number of rotatable bonds is 8. The molecule has 0 bridgehead atoms. The number of para-hydroxylation sites is 1. The van der Waals surface area contributed by atoms with Crippen molar-refractivity contribution in [2.45, 2.75) is 38.8 Å². The molecule has 6 heteroatoms. The molecule has 164 valence electrons. The van der Waals surface area contributed by atoms with Crippen molar-refractivity contribution in [2.75, 3.05) is 26.8 Å². The molecule has 3 heterocycles. The molecule has 1 aliphatic heterocycles. The van der Waals surface area contributed by atoms with Crippen LogP contribution in [0.25, 0.3) is 10.9 Å². The van der Waals surface area contributed by atoms with Crippen LogP contribution in [-0.2, 0) is 16.1 Å². The van der Waals surface area contributed by atoms with Crippen LogP contribution in [-0.4, -0.2) is 47.6 Å². The summed E-state index contributed by atoms with van der Waals surface area (Å²) in [5, 5.41) is 4.53. The number of aromatic nitrogens is 2. The molecule has 0 aliphatic carbocycles. The Labute approximate surface area is 184 Å². The number of nitrogens with zero attached hydrogens (tertiary/aromatic N) is 2.